The molecule has 1 saturated carbocycles. The molecule has 0 bridgehead atoms. The molecule has 0 N–H and O–H groups in total. The first-order valence-corrected chi connectivity index (χ1v) is 9.36. The molecule has 1 aromatic rings. The molecule has 0 aliphatic heterocycles. The summed E-state index contributed by atoms with van der Waals surface area (Å²) in [5.74, 6) is 0.517. The van der Waals surface area contributed by atoms with Crippen LogP contribution < -0.4 is 0 Å². The van der Waals surface area contributed by atoms with Crippen molar-refractivity contribution in [3.63, 3.8) is 0 Å². The molecule has 1 aromatic heterocycles. The zero-order valence-corrected chi connectivity index (χ0v) is 15.1. The minimum atomic E-state index is 0.161. The summed E-state index contributed by atoms with van der Waals surface area (Å²) >= 11 is 1.39. The molecule has 1 fully saturated rings. The van der Waals surface area contributed by atoms with Crippen molar-refractivity contribution in [1.29, 1.82) is 5.26 Å². The molecule has 1 aliphatic carbocycles. The predicted molar refractivity (Wildman–Crippen MR) is 93.4 cm³/mol. The molecular formula is C18H25N3OS. The third-order valence-electron chi connectivity index (χ3n) is 4.43. The Morgan fingerprint density at radius 3 is 2.70 bits per heavy atom. The molecule has 0 spiro atoms. The van der Waals surface area contributed by atoms with E-state index in [2.05, 4.69) is 11.1 Å². The summed E-state index contributed by atoms with van der Waals surface area (Å²) in [4.78, 5) is 19.1. The van der Waals surface area contributed by atoms with Crippen LogP contribution in [0.15, 0.2) is 11.1 Å². The van der Waals surface area contributed by atoms with Crippen LogP contribution in [0.5, 0.6) is 0 Å². The van der Waals surface area contributed by atoms with Gasteiger partial charge in [0, 0.05) is 18.3 Å². The van der Waals surface area contributed by atoms with Crippen LogP contribution in [0.2, 0.25) is 0 Å². The van der Waals surface area contributed by atoms with Crippen LogP contribution in [0.1, 0.15) is 55.8 Å². The lowest BCUT2D eigenvalue weighted by Gasteiger charge is -2.33. The van der Waals surface area contributed by atoms with Crippen LogP contribution >= 0.6 is 11.8 Å². The number of carbonyl (C=O) groups is 1. The maximum absolute atomic E-state index is 12.6. The number of nitriles is 1. The topological polar surface area (TPSA) is 57.0 Å². The van der Waals surface area contributed by atoms with Gasteiger partial charge in [-0.25, -0.2) is 4.98 Å². The molecule has 0 atom stereocenters. The third kappa shape index (κ3) is 4.48. The lowest BCUT2D eigenvalue weighted by molar-refractivity contribution is -0.131. The van der Waals surface area contributed by atoms with Crippen molar-refractivity contribution in [2.75, 3.05) is 12.3 Å². The highest BCUT2D eigenvalue weighted by Crippen LogP contribution is 2.26. The highest BCUT2D eigenvalue weighted by Gasteiger charge is 2.24. The highest BCUT2D eigenvalue weighted by molar-refractivity contribution is 8.00. The minimum Gasteiger partial charge on any atom is -0.339 e. The zero-order valence-electron chi connectivity index (χ0n) is 14.3. The largest absolute Gasteiger partial charge is 0.339 e. The average Bonchev–Trinajstić information content (AvgIpc) is 2.54. The number of thioether (sulfide) groups is 1. The predicted octanol–water partition coefficient (Wildman–Crippen LogP) is 3.84. The van der Waals surface area contributed by atoms with Gasteiger partial charge in [0.25, 0.3) is 0 Å². The number of nitrogens with zero attached hydrogens (tertiary/aromatic N) is 3. The van der Waals surface area contributed by atoms with Crippen LogP contribution in [-0.4, -0.2) is 34.1 Å². The number of aromatic nitrogens is 1. The Balaban J connectivity index is 2.04. The van der Waals surface area contributed by atoms with E-state index >= 15 is 0 Å². The third-order valence-corrected chi connectivity index (χ3v) is 5.39. The van der Waals surface area contributed by atoms with Gasteiger partial charge in [0.15, 0.2) is 0 Å². The molecule has 0 unspecified atom stereocenters. The Hall–Kier alpha value is -1.54. The Kier molecular flexibility index (Phi) is 6.47. The molecule has 5 heteroatoms. The molecule has 124 valence electrons. The monoisotopic (exact) mass is 331 g/mol. The van der Waals surface area contributed by atoms with Gasteiger partial charge in [-0.05, 0) is 45.2 Å². The van der Waals surface area contributed by atoms with Crippen molar-refractivity contribution < 1.29 is 4.79 Å². The summed E-state index contributed by atoms with van der Waals surface area (Å²) in [6, 6.07) is 4.51. The SMILES string of the molecule is CCN(C(=O)CSc1nc(C)cc(C)c1C#N)C1CCCCC1. The van der Waals surface area contributed by atoms with Gasteiger partial charge < -0.3 is 4.90 Å². The lowest BCUT2D eigenvalue weighted by atomic mass is 9.94. The number of hydrogen-bond donors (Lipinski definition) is 0. The van der Waals surface area contributed by atoms with Crippen molar-refractivity contribution in [1.82, 2.24) is 9.88 Å². The molecule has 0 saturated heterocycles. The number of carbonyl (C=O) groups excluding carboxylic acids is 1. The Morgan fingerprint density at radius 1 is 1.39 bits per heavy atom. The fraction of sp³-hybridized carbons (Fsp3) is 0.611. The summed E-state index contributed by atoms with van der Waals surface area (Å²) in [7, 11) is 0. The summed E-state index contributed by atoms with van der Waals surface area (Å²) in [5, 5.41) is 9.99. The normalized spacial score (nSPS) is 15.2. The molecule has 2 rings (SSSR count). The van der Waals surface area contributed by atoms with Gasteiger partial charge in [-0.1, -0.05) is 31.0 Å². The van der Waals surface area contributed by atoms with Gasteiger partial charge in [0.2, 0.25) is 5.91 Å². The van der Waals surface area contributed by atoms with Crippen molar-refractivity contribution in [2.45, 2.75) is 63.9 Å². The van der Waals surface area contributed by atoms with Crippen LogP contribution in [0, 0.1) is 25.2 Å². The van der Waals surface area contributed by atoms with Crippen LogP contribution in [0.3, 0.4) is 0 Å². The van der Waals surface area contributed by atoms with Crippen molar-refractivity contribution >= 4 is 17.7 Å². The van der Waals surface area contributed by atoms with E-state index < -0.39 is 0 Å². The zero-order chi connectivity index (χ0) is 16.8. The van der Waals surface area contributed by atoms with Crippen molar-refractivity contribution in [3.8, 4) is 6.07 Å². The Bertz CT molecular complexity index is 603. The molecule has 4 nitrogen and oxygen atoms in total. The van der Waals surface area contributed by atoms with E-state index in [1.807, 2.05) is 31.7 Å². The van der Waals surface area contributed by atoms with Crippen molar-refractivity contribution in [3.05, 3.63) is 22.9 Å². The fourth-order valence-corrected chi connectivity index (χ4v) is 4.27. The number of aryl methyl sites for hydroxylation is 2. The van der Waals surface area contributed by atoms with E-state index in [-0.39, 0.29) is 5.91 Å². The second kappa shape index (κ2) is 8.35. The Morgan fingerprint density at radius 2 is 2.09 bits per heavy atom. The van der Waals surface area contributed by atoms with Gasteiger partial charge in [-0.3, -0.25) is 4.79 Å². The number of pyridine rings is 1. The maximum atomic E-state index is 12.6. The molecular weight excluding hydrogens is 306 g/mol. The van der Waals surface area contributed by atoms with Gasteiger partial charge in [-0.15, -0.1) is 0 Å². The highest BCUT2D eigenvalue weighted by atomic mass is 32.2. The van der Waals surface area contributed by atoms with Crippen LogP contribution in [0.25, 0.3) is 0 Å². The Labute approximate surface area is 143 Å². The van der Waals surface area contributed by atoms with Crippen LogP contribution in [-0.2, 0) is 4.79 Å². The van der Waals surface area contributed by atoms with Gasteiger partial charge in [0.05, 0.1) is 11.3 Å². The first kappa shape index (κ1) is 17.8. The summed E-state index contributed by atoms with van der Waals surface area (Å²) in [5.41, 5.74) is 2.40. The molecule has 1 amide bonds. The second-order valence-corrected chi connectivity index (χ2v) is 7.10. The molecule has 0 radical (unpaired) electrons. The van der Waals surface area contributed by atoms with E-state index in [1.165, 1.54) is 31.0 Å². The van der Waals surface area contributed by atoms with E-state index in [9.17, 15) is 10.1 Å². The van der Waals surface area contributed by atoms with E-state index in [0.717, 1.165) is 30.6 Å². The van der Waals surface area contributed by atoms with Gasteiger partial charge in [-0.2, -0.15) is 5.26 Å². The van der Waals surface area contributed by atoms with E-state index in [1.54, 1.807) is 0 Å². The number of rotatable bonds is 5. The maximum Gasteiger partial charge on any atom is 0.233 e. The lowest BCUT2D eigenvalue weighted by Crippen LogP contribution is -2.42. The minimum absolute atomic E-state index is 0.161. The standard InChI is InChI=1S/C18H25N3OS/c1-4-21(15-8-6-5-7-9-15)17(22)12-23-18-16(11-19)13(2)10-14(3)20-18/h10,15H,4-9,12H2,1-3H3. The average molecular weight is 331 g/mol. The van der Waals surface area contributed by atoms with E-state index in [0.29, 0.717) is 22.4 Å². The van der Waals surface area contributed by atoms with Gasteiger partial charge >= 0.3 is 0 Å². The molecule has 0 aromatic carbocycles. The molecule has 1 aliphatic rings. The first-order chi connectivity index (χ1) is 11.1. The van der Waals surface area contributed by atoms with Crippen LogP contribution in [0.4, 0.5) is 0 Å². The summed E-state index contributed by atoms with van der Waals surface area (Å²) < 4.78 is 0. The van der Waals surface area contributed by atoms with Gasteiger partial charge in [0.1, 0.15) is 11.1 Å². The second-order valence-electron chi connectivity index (χ2n) is 6.13. The summed E-state index contributed by atoms with van der Waals surface area (Å²) in [6.45, 7) is 6.64. The number of hydrogen-bond acceptors (Lipinski definition) is 4. The fourth-order valence-electron chi connectivity index (χ4n) is 3.29. The molecule has 23 heavy (non-hydrogen) atoms. The quantitative estimate of drug-likeness (QED) is 0.769. The van der Waals surface area contributed by atoms with E-state index in [4.69, 9.17) is 0 Å². The summed E-state index contributed by atoms with van der Waals surface area (Å²) in [6.07, 6.45) is 5.97. The first-order valence-electron chi connectivity index (χ1n) is 8.37. The number of amides is 1. The van der Waals surface area contributed by atoms with Crippen molar-refractivity contribution in [2.24, 2.45) is 0 Å². The smallest absolute Gasteiger partial charge is 0.233 e. The molecule has 1 heterocycles.